The Hall–Kier alpha value is -1.13. The summed E-state index contributed by atoms with van der Waals surface area (Å²) in [5.41, 5.74) is 6.97. The zero-order chi connectivity index (χ0) is 11.4. The molecule has 1 aromatic heterocycles. The largest absolute Gasteiger partial charge is 0.495 e. The molecule has 2 rings (SSSR count). The highest BCUT2D eigenvalue weighted by Gasteiger charge is 2.25. The van der Waals surface area contributed by atoms with Crippen LogP contribution in [0.4, 0.5) is 0 Å². The predicted octanol–water partition coefficient (Wildman–Crippen LogP) is 1.66. The van der Waals surface area contributed by atoms with Gasteiger partial charge in [-0.25, -0.2) is 0 Å². The van der Waals surface area contributed by atoms with Crippen molar-refractivity contribution in [2.75, 3.05) is 13.7 Å². The molecular weight excluding hydrogens is 204 g/mol. The zero-order valence-electron chi connectivity index (χ0n) is 9.56. The van der Waals surface area contributed by atoms with Crippen molar-refractivity contribution in [1.82, 2.24) is 4.98 Å². The lowest BCUT2D eigenvalue weighted by atomic mass is 9.99. The second kappa shape index (κ2) is 5.27. The van der Waals surface area contributed by atoms with E-state index < -0.39 is 0 Å². The van der Waals surface area contributed by atoms with Gasteiger partial charge in [-0.3, -0.25) is 4.98 Å². The van der Waals surface area contributed by atoms with Crippen LogP contribution in [0.5, 0.6) is 5.75 Å². The molecule has 0 aliphatic carbocycles. The van der Waals surface area contributed by atoms with Crippen LogP contribution in [0.15, 0.2) is 18.3 Å². The van der Waals surface area contributed by atoms with Gasteiger partial charge in [0.2, 0.25) is 0 Å². The lowest BCUT2D eigenvalue weighted by Crippen LogP contribution is -2.32. The fourth-order valence-corrected chi connectivity index (χ4v) is 2.05. The molecule has 0 aromatic carbocycles. The van der Waals surface area contributed by atoms with Crippen LogP contribution in [0, 0.1) is 0 Å². The standard InChI is InChI=1S/C12H18N2O2/c1-15-10-6-4-7-14-12(10)11(13)9-5-2-3-8-16-9/h4,6-7,9,11H,2-3,5,8,13H2,1H3. The third-order valence-corrected chi connectivity index (χ3v) is 2.95. The molecule has 4 nitrogen and oxygen atoms in total. The first kappa shape index (κ1) is 11.4. The molecule has 1 aliphatic rings. The van der Waals surface area contributed by atoms with E-state index in [1.165, 1.54) is 6.42 Å². The molecule has 1 fully saturated rings. The van der Waals surface area contributed by atoms with Crippen molar-refractivity contribution in [2.45, 2.75) is 31.4 Å². The second-order valence-electron chi connectivity index (χ2n) is 4.02. The fourth-order valence-electron chi connectivity index (χ4n) is 2.05. The smallest absolute Gasteiger partial charge is 0.142 e. The maximum Gasteiger partial charge on any atom is 0.142 e. The third-order valence-electron chi connectivity index (χ3n) is 2.95. The summed E-state index contributed by atoms with van der Waals surface area (Å²) in [7, 11) is 1.63. The first-order chi connectivity index (χ1) is 7.83. The van der Waals surface area contributed by atoms with Crippen LogP contribution < -0.4 is 10.5 Å². The second-order valence-corrected chi connectivity index (χ2v) is 4.02. The minimum atomic E-state index is -0.198. The van der Waals surface area contributed by atoms with Gasteiger partial charge in [0, 0.05) is 12.8 Å². The average molecular weight is 222 g/mol. The SMILES string of the molecule is COc1cccnc1C(N)C1CCCCO1. The van der Waals surface area contributed by atoms with E-state index in [1.807, 2.05) is 12.1 Å². The van der Waals surface area contributed by atoms with Crippen LogP contribution in [-0.4, -0.2) is 24.8 Å². The van der Waals surface area contributed by atoms with Gasteiger partial charge in [0.05, 0.1) is 19.3 Å². The summed E-state index contributed by atoms with van der Waals surface area (Å²) in [5.74, 6) is 0.740. The van der Waals surface area contributed by atoms with Crippen LogP contribution >= 0.6 is 0 Å². The van der Waals surface area contributed by atoms with Gasteiger partial charge in [-0.15, -0.1) is 0 Å². The minimum Gasteiger partial charge on any atom is -0.495 e. The Morgan fingerprint density at radius 3 is 3.12 bits per heavy atom. The van der Waals surface area contributed by atoms with E-state index in [1.54, 1.807) is 13.3 Å². The summed E-state index contributed by atoms with van der Waals surface area (Å²) >= 11 is 0. The molecule has 0 saturated carbocycles. The summed E-state index contributed by atoms with van der Waals surface area (Å²) in [6.07, 6.45) is 5.11. The van der Waals surface area contributed by atoms with E-state index in [2.05, 4.69) is 4.98 Å². The summed E-state index contributed by atoms with van der Waals surface area (Å²) in [6, 6.07) is 3.53. The maximum atomic E-state index is 6.18. The molecule has 2 heterocycles. The van der Waals surface area contributed by atoms with Gasteiger partial charge in [-0.2, -0.15) is 0 Å². The number of nitrogens with two attached hydrogens (primary N) is 1. The quantitative estimate of drug-likeness (QED) is 0.845. The summed E-state index contributed by atoms with van der Waals surface area (Å²) in [4.78, 5) is 4.29. The fraction of sp³-hybridized carbons (Fsp3) is 0.583. The van der Waals surface area contributed by atoms with Crippen LogP contribution in [0.3, 0.4) is 0 Å². The van der Waals surface area contributed by atoms with E-state index in [0.29, 0.717) is 0 Å². The predicted molar refractivity (Wildman–Crippen MR) is 61.3 cm³/mol. The number of nitrogens with zero attached hydrogens (tertiary/aromatic N) is 1. The Labute approximate surface area is 95.8 Å². The first-order valence-electron chi connectivity index (χ1n) is 5.69. The topological polar surface area (TPSA) is 57.4 Å². The number of rotatable bonds is 3. The molecule has 16 heavy (non-hydrogen) atoms. The van der Waals surface area contributed by atoms with Crippen molar-refractivity contribution in [3.8, 4) is 5.75 Å². The van der Waals surface area contributed by atoms with Crippen molar-refractivity contribution >= 4 is 0 Å². The lowest BCUT2D eigenvalue weighted by molar-refractivity contribution is -0.00120. The maximum absolute atomic E-state index is 6.18. The summed E-state index contributed by atoms with van der Waals surface area (Å²) in [6.45, 7) is 0.799. The number of pyridine rings is 1. The Morgan fingerprint density at radius 1 is 1.56 bits per heavy atom. The summed E-state index contributed by atoms with van der Waals surface area (Å²) in [5, 5.41) is 0. The molecule has 1 saturated heterocycles. The Morgan fingerprint density at radius 2 is 2.44 bits per heavy atom. The van der Waals surface area contributed by atoms with Crippen molar-refractivity contribution < 1.29 is 9.47 Å². The van der Waals surface area contributed by atoms with Crippen LogP contribution in [0.25, 0.3) is 0 Å². The van der Waals surface area contributed by atoms with Crippen LogP contribution in [0.2, 0.25) is 0 Å². The van der Waals surface area contributed by atoms with Crippen molar-refractivity contribution in [3.63, 3.8) is 0 Å². The van der Waals surface area contributed by atoms with E-state index in [-0.39, 0.29) is 12.1 Å². The van der Waals surface area contributed by atoms with Crippen LogP contribution in [-0.2, 0) is 4.74 Å². The van der Waals surface area contributed by atoms with E-state index in [9.17, 15) is 0 Å². The van der Waals surface area contributed by atoms with Crippen molar-refractivity contribution in [2.24, 2.45) is 5.73 Å². The van der Waals surface area contributed by atoms with Crippen molar-refractivity contribution in [1.29, 1.82) is 0 Å². The molecule has 1 aliphatic heterocycles. The number of hydrogen-bond donors (Lipinski definition) is 1. The normalized spacial score (nSPS) is 22.8. The number of hydrogen-bond acceptors (Lipinski definition) is 4. The lowest BCUT2D eigenvalue weighted by Gasteiger charge is -2.28. The highest BCUT2D eigenvalue weighted by atomic mass is 16.5. The molecule has 0 spiro atoms. The number of aromatic nitrogens is 1. The Bertz CT molecular complexity index is 338. The number of methoxy groups -OCH3 is 1. The molecule has 88 valence electrons. The molecule has 0 bridgehead atoms. The van der Waals surface area contributed by atoms with Gasteiger partial charge >= 0.3 is 0 Å². The highest BCUT2D eigenvalue weighted by molar-refractivity contribution is 5.30. The Kier molecular flexibility index (Phi) is 3.74. The van der Waals surface area contributed by atoms with Crippen molar-refractivity contribution in [3.05, 3.63) is 24.0 Å². The van der Waals surface area contributed by atoms with E-state index in [4.69, 9.17) is 15.2 Å². The van der Waals surface area contributed by atoms with Gasteiger partial charge < -0.3 is 15.2 Å². The monoisotopic (exact) mass is 222 g/mol. The van der Waals surface area contributed by atoms with Gasteiger partial charge in [0.25, 0.3) is 0 Å². The molecule has 2 N–H and O–H groups in total. The highest BCUT2D eigenvalue weighted by Crippen LogP contribution is 2.28. The van der Waals surface area contributed by atoms with E-state index in [0.717, 1.165) is 30.9 Å². The van der Waals surface area contributed by atoms with Gasteiger partial charge in [-0.05, 0) is 31.4 Å². The molecule has 2 atom stereocenters. The first-order valence-corrected chi connectivity index (χ1v) is 5.69. The number of ether oxygens (including phenoxy) is 2. The Balaban J connectivity index is 2.15. The van der Waals surface area contributed by atoms with E-state index >= 15 is 0 Å². The van der Waals surface area contributed by atoms with Gasteiger partial charge in [0.15, 0.2) is 0 Å². The van der Waals surface area contributed by atoms with Crippen LogP contribution in [0.1, 0.15) is 31.0 Å². The van der Waals surface area contributed by atoms with Gasteiger partial charge in [-0.1, -0.05) is 0 Å². The zero-order valence-corrected chi connectivity index (χ0v) is 9.56. The molecule has 4 heteroatoms. The third kappa shape index (κ3) is 2.33. The molecule has 2 unspecified atom stereocenters. The average Bonchev–Trinajstić information content (AvgIpc) is 2.39. The van der Waals surface area contributed by atoms with Gasteiger partial charge in [0.1, 0.15) is 11.4 Å². The minimum absolute atomic E-state index is 0.0672. The molecule has 0 amide bonds. The molecule has 1 aromatic rings. The summed E-state index contributed by atoms with van der Waals surface area (Å²) < 4.78 is 10.9. The molecule has 0 radical (unpaired) electrons. The molecular formula is C12H18N2O2.